The molecule has 1 aliphatic carbocycles. The Labute approximate surface area is 119 Å². The lowest BCUT2D eigenvalue weighted by Gasteiger charge is -2.36. The summed E-state index contributed by atoms with van der Waals surface area (Å²) in [6, 6.07) is 0.448. The van der Waals surface area contributed by atoms with E-state index in [2.05, 4.69) is 15.3 Å². The number of aliphatic hydroxyl groups excluding tert-OH is 1. The summed E-state index contributed by atoms with van der Waals surface area (Å²) in [6.45, 7) is 4.81. The fraction of sp³-hybridized carbons (Fsp3) is 0.714. The van der Waals surface area contributed by atoms with E-state index in [0.29, 0.717) is 19.1 Å². The number of anilines is 1. The van der Waals surface area contributed by atoms with Crippen molar-refractivity contribution < 1.29 is 9.90 Å². The highest BCUT2D eigenvalue weighted by molar-refractivity contribution is 5.93. The molecule has 2 N–H and O–H groups in total. The third-order valence-electron chi connectivity index (χ3n) is 4.10. The van der Waals surface area contributed by atoms with E-state index < -0.39 is 0 Å². The van der Waals surface area contributed by atoms with Crippen LogP contribution in [-0.2, 0) is 11.8 Å². The van der Waals surface area contributed by atoms with Gasteiger partial charge in [0, 0.05) is 19.6 Å². The van der Waals surface area contributed by atoms with Crippen LogP contribution in [0.3, 0.4) is 0 Å². The van der Waals surface area contributed by atoms with Crippen molar-refractivity contribution in [2.75, 3.05) is 25.0 Å². The van der Waals surface area contributed by atoms with Crippen LogP contribution < -0.4 is 5.32 Å². The first-order valence-corrected chi connectivity index (χ1v) is 7.18. The molecule has 0 saturated heterocycles. The Balaban J connectivity index is 1.96. The van der Waals surface area contributed by atoms with E-state index in [4.69, 9.17) is 5.11 Å². The van der Waals surface area contributed by atoms with E-state index in [0.717, 1.165) is 29.9 Å². The molecule has 0 bridgehead atoms. The van der Waals surface area contributed by atoms with Crippen molar-refractivity contribution in [3.63, 3.8) is 0 Å². The molecule has 0 aromatic carbocycles. The Morgan fingerprint density at radius 3 is 2.65 bits per heavy atom. The van der Waals surface area contributed by atoms with Crippen LogP contribution >= 0.6 is 0 Å². The van der Waals surface area contributed by atoms with Gasteiger partial charge in [-0.25, -0.2) is 0 Å². The van der Waals surface area contributed by atoms with Crippen molar-refractivity contribution in [3.05, 3.63) is 11.4 Å². The van der Waals surface area contributed by atoms with E-state index in [1.807, 2.05) is 20.9 Å². The molecule has 1 aliphatic rings. The van der Waals surface area contributed by atoms with Crippen LogP contribution in [0.4, 0.5) is 5.69 Å². The van der Waals surface area contributed by atoms with Crippen LogP contribution in [-0.4, -0.2) is 51.4 Å². The van der Waals surface area contributed by atoms with Gasteiger partial charge in [0.2, 0.25) is 5.91 Å². The minimum Gasteiger partial charge on any atom is -0.395 e. The third kappa shape index (κ3) is 3.19. The van der Waals surface area contributed by atoms with Crippen molar-refractivity contribution >= 4 is 11.6 Å². The zero-order chi connectivity index (χ0) is 14.7. The molecule has 1 amide bonds. The molecule has 112 valence electrons. The van der Waals surface area contributed by atoms with Crippen molar-refractivity contribution in [2.45, 2.75) is 39.2 Å². The number of hydrogen-bond donors (Lipinski definition) is 2. The molecule has 0 spiro atoms. The number of carbonyl (C=O) groups is 1. The lowest BCUT2D eigenvalue weighted by Crippen LogP contribution is -2.45. The molecule has 0 atom stereocenters. The predicted molar refractivity (Wildman–Crippen MR) is 77.6 cm³/mol. The van der Waals surface area contributed by atoms with Crippen LogP contribution in [0.2, 0.25) is 0 Å². The monoisotopic (exact) mass is 280 g/mol. The summed E-state index contributed by atoms with van der Waals surface area (Å²) in [5.74, 6) is -0.0375. The highest BCUT2D eigenvalue weighted by Gasteiger charge is 2.26. The van der Waals surface area contributed by atoms with E-state index in [-0.39, 0.29) is 12.5 Å². The van der Waals surface area contributed by atoms with Crippen molar-refractivity contribution in [3.8, 4) is 0 Å². The van der Waals surface area contributed by atoms with Crippen LogP contribution in [0, 0.1) is 13.8 Å². The molecule has 6 nitrogen and oxygen atoms in total. The molecule has 0 unspecified atom stereocenters. The molecule has 0 aliphatic heterocycles. The molecular weight excluding hydrogens is 256 g/mol. The zero-order valence-corrected chi connectivity index (χ0v) is 12.5. The quantitative estimate of drug-likeness (QED) is 0.809. The van der Waals surface area contributed by atoms with Gasteiger partial charge in [0.05, 0.1) is 30.2 Å². The molecule has 1 fully saturated rings. The van der Waals surface area contributed by atoms with Crippen molar-refractivity contribution in [2.24, 2.45) is 7.05 Å². The van der Waals surface area contributed by atoms with Crippen LogP contribution in [0.5, 0.6) is 0 Å². The van der Waals surface area contributed by atoms with Gasteiger partial charge in [-0.15, -0.1) is 0 Å². The Morgan fingerprint density at radius 2 is 2.20 bits per heavy atom. The number of nitrogens with zero attached hydrogens (tertiary/aromatic N) is 3. The minimum absolute atomic E-state index is 0.0375. The standard InChI is InChI=1S/C14H24N4O2/c1-10-14(11(2)17(3)16-10)15-13(20)9-18(7-8-19)12-5-4-6-12/h12,19H,4-9H2,1-3H3,(H,15,20). The average molecular weight is 280 g/mol. The minimum atomic E-state index is -0.0375. The van der Waals surface area contributed by atoms with Crippen LogP contribution in [0.1, 0.15) is 30.7 Å². The first-order valence-electron chi connectivity index (χ1n) is 7.18. The highest BCUT2D eigenvalue weighted by atomic mass is 16.3. The van der Waals surface area contributed by atoms with Gasteiger partial charge in [-0.3, -0.25) is 14.4 Å². The maximum atomic E-state index is 12.2. The second-order valence-corrected chi connectivity index (χ2v) is 5.50. The van der Waals surface area contributed by atoms with E-state index in [1.54, 1.807) is 4.68 Å². The molecule has 20 heavy (non-hydrogen) atoms. The summed E-state index contributed by atoms with van der Waals surface area (Å²) in [5, 5.41) is 16.3. The summed E-state index contributed by atoms with van der Waals surface area (Å²) in [7, 11) is 1.87. The largest absolute Gasteiger partial charge is 0.395 e. The second-order valence-electron chi connectivity index (χ2n) is 5.50. The van der Waals surface area contributed by atoms with Gasteiger partial charge in [0.25, 0.3) is 0 Å². The highest BCUT2D eigenvalue weighted by Crippen LogP contribution is 2.24. The molecule has 0 radical (unpaired) electrons. The number of rotatable bonds is 6. The normalized spacial score (nSPS) is 15.4. The summed E-state index contributed by atoms with van der Waals surface area (Å²) in [4.78, 5) is 14.3. The fourth-order valence-electron chi connectivity index (χ4n) is 2.59. The number of nitrogens with one attached hydrogen (secondary N) is 1. The number of hydrogen-bond acceptors (Lipinski definition) is 4. The predicted octanol–water partition coefficient (Wildman–Crippen LogP) is 0.822. The fourth-order valence-corrected chi connectivity index (χ4v) is 2.59. The summed E-state index contributed by atoms with van der Waals surface area (Å²) < 4.78 is 1.77. The maximum absolute atomic E-state index is 12.2. The molecule has 2 rings (SSSR count). The smallest absolute Gasteiger partial charge is 0.238 e. The van der Waals surface area contributed by atoms with E-state index in [1.165, 1.54) is 6.42 Å². The van der Waals surface area contributed by atoms with Crippen molar-refractivity contribution in [1.82, 2.24) is 14.7 Å². The summed E-state index contributed by atoms with van der Waals surface area (Å²) >= 11 is 0. The lowest BCUT2D eigenvalue weighted by molar-refractivity contribution is -0.118. The number of amides is 1. The van der Waals surface area contributed by atoms with Gasteiger partial charge >= 0.3 is 0 Å². The molecule has 1 aromatic heterocycles. The topological polar surface area (TPSA) is 70.4 Å². The average Bonchev–Trinajstić information content (AvgIpc) is 2.54. The Bertz CT molecular complexity index is 480. The number of aliphatic hydroxyl groups is 1. The molecule has 1 aromatic rings. The van der Waals surface area contributed by atoms with Crippen LogP contribution in [0.25, 0.3) is 0 Å². The number of carbonyl (C=O) groups excluding carboxylic acids is 1. The number of aryl methyl sites for hydroxylation is 2. The third-order valence-corrected chi connectivity index (χ3v) is 4.10. The lowest BCUT2D eigenvalue weighted by atomic mass is 9.91. The molecule has 1 heterocycles. The molecular formula is C14H24N4O2. The molecule has 1 saturated carbocycles. The Hall–Kier alpha value is -1.40. The van der Waals surface area contributed by atoms with Gasteiger partial charge in [0.15, 0.2) is 0 Å². The van der Waals surface area contributed by atoms with Crippen LogP contribution in [0.15, 0.2) is 0 Å². The Morgan fingerprint density at radius 1 is 1.50 bits per heavy atom. The summed E-state index contributed by atoms with van der Waals surface area (Å²) in [5.41, 5.74) is 2.58. The van der Waals surface area contributed by atoms with Crippen molar-refractivity contribution in [1.29, 1.82) is 0 Å². The van der Waals surface area contributed by atoms with Gasteiger partial charge < -0.3 is 10.4 Å². The van der Waals surface area contributed by atoms with Gasteiger partial charge in [0.1, 0.15) is 0 Å². The SMILES string of the molecule is Cc1nn(C)c(C)c1NC(=O)CN(CCO)C1CCC1. The maximum Gasteiger partial charge on any atom is 0.238 e. The number of aromatic nitrogens is 2. The van der Waals surface area contributed by atoms with E-state index >= 15 is 0 Å². The first kappa shape index (κ1) is 15.0. The van der Waals surface area contributed by atoms with Gasteiger partial charge in [-0.2, -0.15) is 5.10 Å². The first-order chi connectivity index (χ1) is 9.52. The van der Waals surface area contributed by atoms with Gasteiger partial charge in [-0.1, -0.05) is 6.42 Å². The zero-order valence-electron chi connectivity index (χ0n) is 12.5. The molecule has 6 heteroatoms. The second kappa shape index (κ2) is 6.37. The van der Waals surface area contributed by atoms with E-state index in [9.17, 15) is 4.79 Å². The van der Waals surface area contributed by atoms with Gasteiger partial charge in [-0.05, 0) is 26.7 Å². The summed E-state index contributed by atoms with van der Waals surface area (Å²) in [6.07, 6.45) is 3.46. The Kier molecular flexibility index (Phi) is 4.77.